The van der Waals surface area contributed by atoms with Crippen molar-refractivity contribution in [2.24, 2.45) is 0 Å². The zero-order valence-electron chi connectivity index (χ0n) is 61.7. The average Bonchev–Trinajstić information content (AvgIpc) is 1.78. The number of carboxylic acid groups (broad SMARTS) is 2. The molecule has 31 heteroatoms. The summed E-state index contributed by atoms with van der Waals surface area (Å²) in [5.41, 5.74) is 13.7. The number of aliphatic carboxylic acids is 2. The van der Waals surface area contributed by atoms with Crippen molar-refractivity contribution in [1.82, 2.24) is 79.6 Å². The van der Waals surface area contributed by atoms with Crippen molar-refractivity contribution >= 4 is 102 Å². The molecule has 0 bridgehead atoms. The first-order valence-electron chi connectivity index (χ1n) is 33.6. The third-order valence-electron chi connectivity index (χ3n) is 15.4. The second-order valence-corrected chi connectivity index (χ2v) is 26.5. The monoisotopic (exact) mass is 1670 g/mol. The Bertz CT molecular complexity index is 4040. The molecule has 4 aromatic heterocycles. The van der Waals surface area contributed by atoms with E-state index >= 15 is 0 Å². The van der Waals surface area contributed by atoms with E-state index in [1.807, 2.05) is 201 Å². The van der Waals surface area contributed by atoms with Gasteiger partial charge in [-0.25, -0.2) is 0 Å². The Kier molecular flexibility index (Phi) is 41.0. The van der Waals surface area contributed by atoms with Gasteiger partial charge in [0.2, 0.25) is 0 Å². The Morgan fingerprint density at radius 3 is 0.673 bits per heavy atom. The Balaban J connectivity index is 0.000000434. The molecule has 0 unspecified atom stereocenters. The van der Waals surface area contributed by atoms with Gasteiger partial charge in [0.1, 0.15) is 44.1 Å². The largest absolute Gasteiger partial charge is 2.00 e. The minimum absolute atomic E-state index is 0. The summed E-state index contributed by atoms with van der Waals surface area (Å²) >= 11 is 19.1. The van der Waals surface area contributed by atoms with E-state index in [-0.39, 0.29) is 84.0 Å². The van der Waals surface area contributed by atoms with E-state index in [1.165, 1.54) is 44.9 Å². The zero-order chi connectivity index (χ0) is 76.2. The fourth-order valence-electron chi connectivity index (χ4n) is 10.8. The van der Waals surface area contributed by atoms with Crippen LogP contribution >= 0.6 is 46.4 Å². The molecule has 12 aromatic rings. The van der Waals surface area contributed by atoms with Gasteiger partial charge >= 0.3 is 50.3 Å². The number of fused-ring (bicyclic) bond motifs is 4. The van der Waals surface area contributed by atoms with Crippen LogP contribution in [-0.4, -0.2) is 157 Å². The van der Waals surface area contributed by atoms with Crippen LogP contribution in [0.5, 0.6) is 23.0 Å². The minimum Gasteiger partial charge on any atom is -0.871 e. The zero-order valence-corrected chi connectivity index (χ0v) is 67.8. The maximum absolute atomic E-state index is 13.8. The molecule has 0 atom stereocenters. The molecule has 0 spiro atoms. The van der Waals surface area contributed by atoms with Crippen molar-refractivity contribution in [2.75, 3.05) is 65.0 Å². The van der Waals surface area contributed by atoms with Crippen LogP contribution in [0.1, 0.15) is 97.9 Å². The smallest absolute Gasteiger partial charge is 0.871 e. The summed E-state index contributed by atoms with van der Waals surface area (Å²) in [5.74, 6) is -2.68. The SMILES string of the molecule is CC(=O)[O-].CC(=O)[O-].CCCCCC.Cc1cc(CN(CCN(C)C)Cc2cc(C)cc(-n3nc4ccccc4n3)c2[O-])c([O-])c(-n2nc3ccccc3n2)c1.Cc1cc(CN(CCN(C)C)Cc2cc(C)cc(-n3nc4ccccc4n3)c2[O-])c([O-])c(-n2nc3ccccc3n2)c1.ClCCl.ClCCl.[Co+2].[Co+2].[Co+2]. The summed E-state index contributed by atoms with van der Waals surface area (Å²) in [6, 6.07) is 45.1. The van der Waals surface area contributed by atoms with Crippen LogP contribution in [0.15, 0.2) is 146 Å². The number of carbonyl (C=O) groups is 2. The molecule has 24 nitrogen and oxygen atoms in total. The van der Waals surface area contributed by atoms with E-state index in [1.54, 1.807) is 0 Å². The number of benzene rings is 8. The van der Waals surface area contributed by atoms with Crippen LogP contribution in [-0.2, 0) is 86.1 Å². The van der Waals surface area contributed by atoms with Crippen molar-refractivity contribution in [1.29, 1.82) is 0 Å². The van der Waals surface area contributed by atoms with Gasteiger partial charge in [-0.15, -0.1) is 87.2 Å². The van der Waals surface area contributed by atoms with Gasteiger partial charge in [-0.1, -0.05) is 135 Å². The fraction of sp³-hybridized carbons (Fsp3) is 0.342. The Hall–Kier alpha value is -7.98. The second-order valence-electron chi connectivity index (χ2n) is 24.9. The number of rotatable bonds is 21. The number of alkyl halides is 4. The maximum atomic E-state index is 13.8. The van der Waals surface area contributed by atoms with Crippen molar-refractivity contribution in [3.05, 3.63) is 190 Å². The average molecular weight is 1670 g/mol. The summed E-state index contributed by atoms with van der Waals surface area (Å²) in [7, 11) is 8.03. The summed E-state index contributed by atoms with van der Waals surface area (Å²) < 4.78 is 0. The molecular formula is C76H88Cl4Co3N16O8. The Labute approximate surface area is 675 Å². The normalized spacial score (nSPS) is 10.6. The molecule has 0 aliphatic rings. The van der Waals surface area contributed by atoms with Gasteiger partial charge in [-0.3, -0.25) is 9.80 Å². The van der Waals surface area contributed by atoms with Gasteiger partial charge in [-0.2, -0.15) is 19.2 Å². The van der Waals surface area contributed by atoms with Gasteiger partial charge in [0.15, 0.2) is 0 Å². The van der Waals surface area contributed by atoms with Crippen LogP contribution in [0, 0.1) is 27.7 Å². The molecule has 4 heterocycles. The summed E-state index contributed by atoms with van der Waals surface area (Å²) in [6.45, 7) is 18.6. The quantitative estimate of drug-likeness (QED) is 0.0477. The molecule has 8 aromatic carbocycles. The van der Waals surface area contributed by atoms with Crippen LogP contribution in [0.4, 0.5) is 0 Å². The van der Waals surface area contributed by atoms with Gasteiger partial charge in [0.25, 0.3) is 0 Å². The molecule has 0 saturated carbocycles. The molecule has 0 saturated heterocycles. The van der Waals surface area contributed by atoms with Gasteiger partial charge in [-0.05, 0) is 187 Å². The van der Waals surface area contributed by atoms with E-state index in [9.17, 15) is 20.4 Å². The molecule has 575 valence electrons. The maximum Gasteiger partial charge on any atom is 2.00 e. The number of nitrogens with zero attached hydrogens (tertiary/aromatic N) is 16. The van der Waals surface area contributed by atoms with Gasteiger partial charge in [0.05, 0.1) is 33.4 Å². The third kappa shape index (κ3) is 28.8. The molecule has 0 N–H and O–H groups in total. The number of carbonyl (C=O) groups excluding carboxylic acids is 2. The Morgan fingerprint density at radius 2 is 0.523 bits per heavy atom. The van der Waals surface area contributed by atoms with Crippen molar-refractivity contribution < 1.29 is 90.6 Å². The molecule has 0 aliphatic heterocycles. The van der Waals surface area contributed by atoms with Crippen molar-refractivity contribution in [3.63, 3.8) is 0 Å². The predicted molar refractivity (Wildman–Crippen MR) is 402 cm³/mol. The number of likely N-dealkylation sites (N-methyl/N-ethyl adjacent to an activating group) is 2. The fourth-order valence-corrected chi connectivity index (χ4v) is 10.8. The first-order valence-corrected chi connectivity index (χ1v) is 35.7. The van der Waals surface area contributed by atoms with E-state index in [0.717, 1.165) is 93.3 Å². The van der Waals surface area contributed by atoms with Crippen LogP contribution in [0.25, 0.3) is 66.9 Å². The number of hydrogen-bond acceptors (Lipinski definition) is 20. The second kappa shape index (κ2) is 47.1. The number of aromatic nitrogens is 12. The molecule has 12 rings (SSSR count). The third-order valence-corrected chi connectivity index (χ3v) is 15.4. The van der Waals surface area contributed by atoms with E-state index in [2.05, 4.69) is 74.2 Å². The number of aryl methyl sites for hydroxylation is 4. The van der Waals surface area contributed by atoms with Crippen molar-refractivity contribution in [3.8, 4) is 45.7 Å². The molecule has 3 radical (unpaired) electrons. The number of halogens is 4. The molecule has 107 heavy (non-hydrogen) atoms. The van der Waals surface area contributed by atoms with Crippen LogP contribution in [0.2, 0.25) is 0 Å². The molecule has 0 aliphatic carbocycles. The number of unbranched alkanes of at least 4 members (excludes halogenated alkanes) is 3. The molecule has 0 amide bonds. The number of hydrogen-bond donors (Lipinski definition) is 0. The van der Waals surface area contributed by atoms with E-state index in [0.29, 0.717) is 84.3 Å². The standard InChI is InChI=1S/2C32H34N8O2.C6H14.2C2H4O2.2CH2Cl2.3Co/c2*1-21-15-23(31(41)29(17-21)39-33-25-9-5-6-10-26(25)34-39)19-38(14-13-37(3)4)20-24-16-22(2)18-30(32(24)42)40-35-27-11-7-8-12-28(27)36-40;1-3-5-6-4-2;2*1-2(3)4;2*2-1-3;;;/h2*5-12,15-18,41-42H,13-14,19-20H2,1-4H3;3-6H2,1-2H3;2*1H3,(H,3,4);2*1H2;;;/q;;;;;;;3*+2/p-6. The van der Waals surface area contributed by atoms with Gasteiger partial charge in [0, 0.05) is 64.3 Å². The van der Waals surface area contributed by atoms with Crippen LogP contribution in [0.3, 0.4) is 0 Å². The minimum atomic E-state index is -1.08. The summed E-state index contributed by atoms with van der Waals surface area (Å²) in [6.07, 6.45) is 5.54. The van der Waals surface area contributed by atoms with Gasteiger partial charge < -0.3 is 50.0 Å². The first kappa shape index (κ1) is 93.2. The van der Waals surface area contributed by atoms with Crippen molar-refractivity contribution in [2.45, 2.75) is 107 Å². The molecular weight excluding hydrogens is 1580 g/mol. The van der Waals surface area contributed by atoms with E-state index < -0.39 is 11.9 Å². The predicted octanol–water partition coefficient (Wildman–Crippen LogP) is 9.90. The first-order chi connectivity index (χ1) is 49.7. The van der Waals surface area contributed by atoms with Crippen LogP contribution < -0.4 is 30.6 Å². The summed E-state index contributed by atoms with van der Waals surface area (Å²) in [5, 5.41) is 109. The number of carboxylic acids is 2. The Morgan fingerprint density at radius 1 is 0.355 bits per heavy atom. The summed E-state index contributed by atoms with van der Waals surface area (Å²) in [4.78, 5) is 31.9. The topological polar surface area (TPSA) is 308 Å². The van der Waals surface area contributed by atoms with E-state index in [4.69, 9.17) is 66.2 Å². The molecule has 0 fully saturated rings.